The lowest BCUT2D eigenvalue weighted by atomic mass is 9.74. The molecule has 0 saturated heterocycles. The van der Waals surface area contributed by atoms with Gasteiger partial charge in [0.2, 0.25) is 0 Å². The lowest BCUT2D eigenvalue weighted by Gasteiger charge is -2.31. The summed E-state index contributed by atoms with van der Waals surface area (Å²) >= 11 is 0. The van der Waals surface area contributed by atoms with Crippen LogP contribution in [0.15, 0.2) is 24.3 Å². The zero-order chi connectivity index (χ0) is 17.6. The average molecular weight is 341 g/mol. The van der Waals surface area contributed by atoms with Gasteiger partial charge in [-0.25, -0.2) is 0 Å². The van der Waals surface area contributed by atoms with Crippen LogP contribution in [0.3, 0.4) is 0 Å². The smallest absolute Gasteiger partial charge is 0.0162 e. The summed E-state index contributed by atoms with van der Waals surface area (Å²) < 4.78 is 0. The second-order valence-corrected chi connectivity index (χ2v) is 9.26. The Balaban J connectivity index is 1.50. The van der Waals surface area contributed by atoms with Crippen LogP contribution in [0, 0.1) is 17.8 Å². The van der Waals surface area contributed by atoms with Crippen molar-refractivity contribution in [3.8, 4) is 0 Å². The van der Waals surface area contributed by atoms with Crippen LogP contribution in [-0.2, 0) is 0 Å². The van der Waals surface area contributed by atoms with Crippen molar-refractivity contribution in [2.75, 3.05) is 0 Å². The fraction of sp³-hybridized carbons (Fsp3) is 0.760. The molecule has 25 heavy (non-hydrogen) atoms. The Labute approximate surface area is 156 Å². The summed E-state index contributed by atoms with van der Waals surface area (Å²) in [4.78, 5) is 0. The van der Waals surface area contributed by atoms with Crippen LogP contribution >= 0.6 is 0 Å². The van der Waals surface area contributed by atoms with Gasteiger partial charge < -0.3 is 0 Å². The van der Waals surface area contributed by atoms with E-state index < -0.39 is 0 Å². The maximum absolute atomic E-state index is 2.47. The fourth-order valence-corrected chi connectivity index (χ4v) is 5.41. The molecule has 2 aliphatic rings. The molecule has 0 spiro atoms. The van der Waals surface area contributed by atoms with Gasteiger partial charge in [-0.2, -0.15) is 0 Å². The Morgan fingerprint density at radius 1 is 0.720 bits per heavy atom. The standard InChI is InChI=1S/C25H40/c1-4-19(3)18-21-8-12-23(13-9-21)25-16-14-24(15-17-25)22-10-6-20(5-2)7-11-22/h14-17,19-23H,4-13,18H2,1-3H3/t19?,20-,21-,22-,23-. The number of benzene rings is 1. The molecule has 1 aromatic rings. The molecule has 2 fully saturated rings. The summed E-state index contributed by atoms with van der Waals surface area (Å²) in [6.45, 7) is 7.13. The molecule has 0 N–H and O–H groups in total. The first-order valence-electron chi connectivity index (χ1n) is 11.3. The second-order valence-electron chi connectivity index (χ2n) is 9.26. The Hall–Kier alpha value is -0.780. The van der Waals surface area contributed by atoms with Crippen molar-refractivity contribution in [3.63, 3.8) is 0 Å². The van der Waals surface area contributed by atoms with E-state index in [0.29, 0.717) is 0 Å². The highest BCUT2D eigenvalue weighted by Gasteiger charge is 2.24. The third kappa shape index (κ3) is 5.11. The number of rotatable bonds is 6. The largest absolute Gasteiger partial charge is 0.0651 e. The summed E-state index contributed by atoms with van der Waals surface area (Å²) in [7, 11) is 0. The molecule has 0 nitrogen and oxygen atoms in total. The topological polar surface area (TPSA) is 0 Å². The highest BCUT2D eigenvalue weighted by molar-refractivity contribution is 5.28. The summed E-state index contributed by atoms with van der Waals surface area (Å²) in [6.07, 6.45) is 15.7. The lowest BCUT2D eigenvalue weighted by Crippen LogP contribution is -2.16. The Morgan fingerprint density at radius 2 is 1.16 bits per heavy atom. The lowest BCUT2D eigenvalue weighted by molar-refractivity contribution is 0.273. The Morgan fingerprint density at radius 3 is 1.56 bits per heavy atom. The van der Waals surface area contributed by atoms with E-state index in [1.54, 1.807) is 11.1 Å². The van der Waals surface area contributed by atoms with Crippen LogP contribution in [0.4, 0.5) is 0 Å². The third-order valence-corrected chi connectivity index (χ3v) is 7.58. The van der Waals surface area contributed by atoms with Crippen LogP contribution in [-0.4, -0.2) is 0 Å². The summed E-state index contributed by atoms with van der Waals surface area (Å²) in [5.74, 6) is 4.59. The van der Waals surface area contributed by atoms with Crippen molar-refractivity contribution in [2.45, 2.75) is 103 Å². The molecular weight excluding hydrogens is 300 g/mol. The van der Waals surface area contributed by atoms with Gasteiger partial charge in [-0.3, -0.25) is 0 Å². The van der Waals surface area contributed by atoms with Crippen LogP contribution in [0.2, 0.25) is 0 Å². The average Bonchev–Trinajstić information content (AvgIpc) is 2.69. The molecule has 1 atom stereocenters. The van der Waals surface area contributed by atoms with E-state index in [4.69, 9.17) is 0 Å². The normalized spacial score (nSPS) is 31.6. The molecule has 1 aromatic carbocycles. The van der Waals surface area contributed by atoms with E-state index in [1.165, 1.54) is 70.6 Å². The van der Waals surface area contributed by atoms with Crippen molar-refractivity contribution < 1.29 is 0 Å². The third-order valence-electron chi connectivity index (χ3n) is 7.58. The van der Waals surface area contributed by atoms with Gasteiger partial charge in [0.1, 0.15) is 0 Å². The minimum absolute atomic E-state index is 0.832. The van der Waals surface area contributed by atoms with Crippen LogP contribution in [0.25, 0.3) is 0 Å². The molecule has 0 heteroatoms. The number of hydrogen-bond acceptors (Lipinski definition) is 0. The van der Waals surface area contributed by atoms with Gasteiger partial charge in [0, 0.05) is 0 Å². The first kappa shape index (κ1) is 19.0. The van der Waals surface area contributed by atoms with Gasteiger partial charge in [-0.05, 0) is 98.5 Å². The van der Waals surface area contributed by atoms with E-state index in [9.17, 15) is 0 Å². The van der Waals surface area contributed by atoms with Crippen molar-refractivity contribution >= 4 is 0 Å². The Kier molecular flexibility index (Phi) is 7.02. The minimum Gasteiger partial charge on any atom is -0.0651 e. The maximum Gasteiger partial charge on any atom is -0.0162 e. The van der Waals surface area contributed by atoms with Crippen molar-refractivity contribution in [3.05, 3.63) is 35.4 Å². The highest BCUT2D eigenvalue weighted by Crippen LogP contribution is 2.40. The molecule has 0 heterocycles. The molecule has 140 valence electrons. The zero-order valence-electron chi connectivity index (χ0n) is 17.0. The molecule has 2 saturated carbocycles. The SMILES string of the molecule is CCC(C)C[C@H]1CC[C@H](c2ccc([C@H]3CC[C@H](CC)CC3)cc2)CC1. The number of hydrogen-bond donors (Lipinski definition) is 0. The van der Waals surface area contributed by atoms with E-state index in [0.717, 1.165) is 29.6 Å². The van der Waals surface area contributed by atoms with Crippen LogP contribution < -0.4 is 0 Å². The molecule has 2 aliphatic carbocycles. The van der Waals surface area contributed by atoms with Gasteiger partial charge in [0.25, 0.3) is 0 Å². The zero-order valence-corrected chi connectivity index (χ0v) is 17.0. The van der Waals surface area contributed by atoms with Gasteiger partial charge in [-0.15, -0.1) is 0 Å². The van der Waals surface area contributed by atoms with Crippen LogP contribution in [0.5, 0.6) is 0 Å². The van der Waals surface area contributed by atoms with Gasteiger partial charge >= 0.3 is 0 Å². The molecule has 1 unspecified atom stereocenters. The Bertz CT molecular complexity index is 483. The monoisotopic (exact) mass is 340 g/mol. The van der Waals surface area contributed by atoms with Crippen molar-refractivity contribution in [1.82, 2.24) is 0 Å². The first-order chi connectivity index (χ1) is 12.2. The summed E-state index contributed by atoms with van der Waals surface area (Å²) in [5, 5.41) is 0. The van der Waals surface area contributed by atoms with E-state index in [-0.39, 0.29) is 0 Å². The molecule has 0 amide bonds. The van der Waals surface area contributed by atoms with Crippen molar-refractivity contribution in [2.24, 2.45) is 17.8 Å². The second kappa shape index (κ2) is 9.24. The van der Waals surface area contributed by atoms with Gasteiger partial charge in [0.05, 0.1) is 0 Å². The maximum atomic E-state index is 2.47. The molecule has 0 bridgehead atoms. The fourth-order valence-electron chi connectivity index (χ4n) is 5.41. The molecule has 3 rings (SSSR count). The minimum atomic E-state index is 0.832. The van der Waals surface area contributed by atoms with Gasteiger partial charge in [-0.1, -0.05) is 57.9 Å². The van der Waals surface area contributed by atoms with Crippen LogP contribution in [0.1, 0.15) is 114 Å². The van der Waals surface area contributed by atoms with E-state index in [2.05, 4.69) is 45.0 Å². The summed E-state index contributed by atoms with van der Waals surface area (Å²) in [5.41, 5.74) is 3.23. The summed E-state index contributed by atoms with van der Waals surface area (Å²) in [6, 6.07) is 9.89. The van der Waals surface area contributed by atoms with Gasteiger partial charge in [0.15, 0.2) is 0 Å². The quantitative estimate of drug-likeness (QED) is 0.491. The molecule has 0 aromatic heterocycles. The van der Waals surface area contributed by atoms with E-state index in [1.807, 2.05) is 0 Å². The predicted molar refractivity (Wildman–Crippen MR) is 110 cm³/mol. The highest BCUT2D eigenvalue weighted by atomic mass is 14.3. The first-order valence-corrected chi connectivity index (χ1v) is 11.3. The molecule has 0 radical (unpaired) electrons. The molecule has 0 aliphatic heterocycles. The molecular formula is C25H40. The predicted octanol–water partition coefficient (Wildman–Crippen LogP) is 8.08. The van der Waals surface area contributed by atoms with E-state index >= 15 is 0 Å². The van der Waals surface area contributed by atoms with Crippen molar-refractivity contribution in [1.29, 1.82) is 0 Å².